The summed E-state index contributed by atoms with van der Waals surface area (Å²) in [5.41, 5.74) is 0.726. The third-order valence-electron chi connectivity index (χ3n) is 6.83. The summed E-state index contributed by atoms with van der Waals surface area (Å²) in [4.78, 5) is 5.02. The summed E-state index contributed by atoms with van der Waals surface area (Å²) in [6, 6.07) is 17.2. The first-order valence-corrected chi connectivity index (χ1v) is 11.5. The molecule has 2 aliphatic rings. The van der Waals surface area contributed by atoms with Crippen molar-refractivity contribution in [3.05, 3.63) is 64.9 Å². The molecule has 0 unspecified atom stereocenters. The van der Waals surface area contributed by atoms with E-state index in [4.69, 9.17) is 16.3 Å². The largest absolute Gasteiger partial charge is 0.492 e. The molecule has 0 atom stereocenters. The Labute approximate surface area is 189 Å². The van der Waals surface area contributed by atoms with Crippen LogP contribution in [0.25, 0.3) is 0 Å². The van der Waals surface area contributed by atoms with E-state index in [0.29, 0.717) is 23.4 Å². The van der Waals surface area contributed by atoms with E-state index in [1.54, 1.807) is 12.1 Å². The molecule has 2 aromatic carbocycles. The zero-order valence-electron chi connectivity index (χ0n) is 17.8. The summed E-state index contributed by atoms with van der Waals surface area (Å²) in [6.45, 7) is 5.67. The van der Waals surface area contributed by atoms with Crippen LogP contribution in [0.2, 0.25) is 5.02 Å². The molecule has 1 saturated heterocycles. The third-order valence-corrected chi connectivity index (χ3v) is 7.08. The topological polar surface area (TPSA) is 39.5 Å². The highest BCUT2D eigenvalue weighted by Crippen LogP contribution is 2.40. The van der Waals surface area contributed by atoms with Gasteiger partial charge < -0.3 is 4.74 Å². The van der Waals surface area contributed by atoms with Crippen molar-refractivity contribution >= 4 is 11.6 Å². The lowest BCUT2D eigenvalue weighted by atomic mass is 9.69. The molecule has 164 valence electrons. The Hall–Kier alpha value is -2.13. The second-order valence-corrected chi connectivity index (χ2v) is 9.05. The molecule has 1 heterocycles. The Kier molecular flexibility index (Phi) is 7.12. The number of ether oxygens (including phenoxy) is 1. The molecule has 31 heavy (non-hydrogen) atoms. The number of hydrogen-bond donors (Lipinski definition) is 0. The molecular weight excluding hydrogens is 413 g/mol. The van der Waals surface area contributed by atoms with Crippen molar-refractivity contribution in [2.45, 2.75) is 37.1 Å². The Morgan fingerprint density at radius 2 is 1.65 bits per heavy atom. The van der Waals surface area contributed by atoms with E-state index in [1.807, 2.05) is 24.3 Å². The maximum absolute atomic E-state index is 13.0. The van der Waals surface area contributed by atoms with E-state index in [0.717, 1.165) is 64.0 Å². The summed E-state index contributed by atoms with van der Waals surface area (Å²) in [6.07, 6.45) is 3.93. The second-order valence-electron chi connectivity index (χ2n) is 8.61. The zero-order valence-corrected chi connectivity index (χ0v) is 18.5. The van der Waals surface area contributed by atoms with Crippen LogP contribution in [-0.4, -0.2) is 55.2 Å². The first-order chi connectivity index (χ1) is 15.1. The zero-order chi connectivity index (χ0) is 21.7. The predicted octanol–water partition coefficient (Wildman–Crippen LogP) is 4.88. The second kappa shape index (κ2) is 9.99. The van der Waals surface area contributed by atoms with Gasteiger partial charge in [-0.25, -0.2) is 4.39 Å². The molecule has 0 bridgehead atoms. The van der Waals surface area contributed by atoms with E-state index < -0.39 is 0 Å². The minimum absolute atomic E-state index is 0.244. The lowest BCUT2D eigenvalue weighted by molar-refractivity contribution is 0.0647. The van der Waals surface area contributed by atoms with Crippen molar-refractivity contribution in [2.24, 2.45) is 0 Å². The lowest BCUT2D eigenvalue weighted by Crippen LogP contribution is -2.52. The highest BCUT2D eigenvalue weighted by Gasteiger charge is 2.39. The van der Waals surface area contributed by atoms with Gasteiger partial charge in [0.15, 0.2) is 0 Å². The van der Waals surface area contributed by atoms with Gasteiger partial charge in [0.25, 0.3) is 0 Å². The number of nitrogens with zero attached hydrogens (tertiary/aromatic N) is 3. The average molecular weight is 442 g/mol. The fraction of sp³-hybridized carbons (Fsp3) is 0.480. The quantitative estimate of drug-likeness (QED) is 0.640. The number of halogens is 2. The van der Waals surface area contributed by atoms with Crippen LogP contribution >= 0.6 is 11.6 Å². The molecule has 0 amide bonds. The van der Waals surface area contributed by atoms with Crippen molar-refractivity contribution in [3.8, 4) is 11.8 Å². The van der Waals surface area contributed by atoms with Crippen LogP contribution in [0.5, 0.6) is 5.75 Å². The first-order valence-electron chi connectivity index (χ1n) is 11.1. The molecule has 0 spiro atoms. The van der Waals surface area contributed by atoms with Gasteiger partial charge in [-0.3, -0.25) is 9.80 Å². The minimum Gasteiger partial charge on any atom is -0.492 e. The van der Waals surface area contributed by atoms with Crippen LogP contribution in [0, 0.1) is 17.1 Å². The molecule has 4 rings (SSSR count). The van der Waals surface area contributed by atoms with Gasteiger partial charge in [-0.05, 0) is 67.6 Å². The summed E-state index contributed by atoms with van der Waals surface area (Å²) in [5, 5.41) is 10.7. The molecule has 6 heteroatoms. The number of hydrogen-bond acceptors (Lipinski definition) is 4. The van der Waals surface area contributed by atoms with Gasteiger partial charge in [0.05, 0.1) is 11.5 Å². The maximum atomic E-state index is 13.0. The van der Waals surface area contributed by atoms with Crippen LogP contribution in [0.15, 0.2) is 48.5 Å². The fourth-order valence-electron chi connectivity index (χ4n) is 4.87. The maximum Gasteiger partial charge on any atom is 0.123 e. The Bertz CT molecular complexity index is 880. The Morgan fingerprint density at radius 1 is 1.00 bits per heavy atom. The van der Waals surface area contributed by atoms with E-state index in [-0.39, 0.29) is 11.2 Å². The number of piperazine rings is 1. The molecular formula is C25H29ClFN3O. The Morgan fingerprint density at radius 3 is 2.26 bits per heavy atom. The minimum atomic E-state index is -0.374. The average Bonchev–Trinajstić information content (AvgIpc) is 2.81. The van der Waals surface area contributed by atoms with E-state index >= 15 is 0 Å². The lowest BCUT2D eigenvalue weighted by Gasteiger charge is -2.44. The number of benzene rings is 2. The van der Waals surface area contributed by atoms with Gasteiger partial charge in [-0.1, -0.05) is 23.7 Å². The molecule has 1 saturated carbocycles. The van der Waals surface area contributed by atoms with Crippen molar-refractivity contribution in [1.82, 2.24) is 9.80 Å². The van der Waals surface area contributed by atoms with Crippen LogP contribution in [0.4, 0.5) is 4.39 Å². The summed E-state index contributed by atoms with van der Waals surface area (Å²) >= 11 is 6.03. The first kappa shape index (κ1) is 22.1. The highest BCUT2D eigenvalue weighted by molar-refractivity contribution is 6.30. The molecule has 1 aliphatic heterocycles. The summed E-state index contributed by atoms with van der Waals surface area (Å²) < 4.78 is 18.7. The van der Waals surface area contributed by atoms with E-state index in [9.17, 15) is 9.65 Å². The monoisotopic (exact) mass is 441 g/mol. The normalized spacial score (nSPS) is 25.1. The smallest absolute Gasteiger partial charge is 0.123 e. The van der Waals surface area contributed by atoms with Gasteiger partial charge in [0.1, 0.15) is 18.2 Å². The molecule has 1 aliphatic carbocycles. The van der Waals surface area contributed by atoms with Gasteiger partial charge in [0, 0.05) is 43.8 Å². The molecule has 0 aromatic heterocycles. The van der Waals surface area contributed by atoms with Gasteiger partial charge >= 0.3 is 0 Å². The van der Waals surface area contributed by atoms with Crippen molar-refractivity contribution in [3.63, 3.8) is 0 Å². The number of rotatable bonds is 6. The van der Waals surface area contributed by atoms with Crippen molar-refractivity contribution < 1.29 is 9.13 Å². The van der Waals surface area contributed by atoms with Crippen LogP contribution < -0.4 is 4.74 Å². The molecule has 4 nitrogen and oxygen atoms in total. The van der Waals surface area contributed by atoms with E-state index in [2.05, 4.69) is 15.9 Å². The van der Waals surface area contributed by atoms with Gasteiger partial charge in [-0.2, -0.15) is 5.26 Å². The van der Waals surface area contributed by atoms with Crippen LogP contribution in [0.1, 0.15) is 31.2 Å². The molecule has 2 aromatic rings. The molecule has 0 N–H and O–H groups in total. The fourth-order valence-corrected chi connectivity index (χ4v) is 5.00. The molecule has 0 radical (unpaired) electrons. The predicted molar refractivity (Wildman–Crippen MR) is 121 cm³/mol. The molecule has 2 fully saturated rings. The summed E-state index contributed by atoms with van der Waals surface area (Å²) in [7, 11) is 0. The standard InChI is InChI=1S/C25H29ClFN3O/c26-21-3-1-20(2-4-21)25(19-28)11-9-23(10-12-25)30-15-13-29(14-16-30)17-18-31-24-7-5-22(27)6-8-24/h1-8,23H,9-18H2. The van der Waals surface area contributed by atoms with E-state index in [1.165, 1.54) is 12.1 Å². The van der Waals surface area contributed by atoms with Crippen LogP contribution in [0.3, 0.4) is 0 Å². The Balaban J connectivity index is 1.21. The van der Waals surface area contributed by atoms with Gasteiger partial charge in [-0.15, -0.1) is 0 Å². The van der Waals surface area contributed by atoms with Crippen molar-refractivity contribution in [1.29, 1.82) is 5.26 Å². The highest BCUT2D eigenvalue weighted by atomic mass is 35.5. The SMILES string of the molecule is N#CC1(c2ccc(Cl)cc2)CCC(N2CCN(CCOc3ccc(F)cc3)CC2)CC1. The third kappa shape index (κ3) is 5.38. The van der Waals surface area contributed by atoms with Crippen LogP contribution in [-0.2, 0) is 5.41 Å². The van der Waals surface area contributed by atoms with Gasteiger partial charge in [0.2, 0.25) is 0 Å². The van der Waals surface area contributed by atoms with Crippen molar-refractivity contribution in [2.75, 3.05) is 39.3 Å². The summed E-state index contributed by atoms with van der Waals surface area (Å²) in [5.74, 6) is 0.468. The number of nitriles is 1.